The van der Waals surface area contributed by atoms with Crippen molar-refractivity contribution in [2.24, 2.45) is 0 Å². The van der Waals surface area contributed by atoms with Crippen molar-refractivity contribution in [3.8, 4) is 10.7 Å². The fourth-order valence-electron chi connectivity index (χ4n) is 1.50. The van der Waals surface area contributed by atoms with Gasteiger partial charge in [0.1, 0.15) is 0 Å². The van der Waals surface area contributed by atoms with Crippen LogP contribution in [0.15, 0.2) is 53.5 Å². The average molecular weight is 302 g/mol. The number of esters is 1. The summed E-state index contributed by atoms with van der Waals surface area (Å²) in [5, 5.41) is 10.5. The van der Waals surface area contributed by atoms with Crippen molar-refractivity contribution < 1.29 is 9.53 Å². The van der Waals surface area contributed by atoms with Gasteiger partial charge < -0.3 is 0 Å². The average Bonchev–Trinajstić information content (AvgIpc) is 2.39. The van der Waals surface area contributed by atoms with E-state index in [0.29, 0.717) is 5.75 Å². The van der Waals surface area contributed by atoms with Crippen LogP contribution in [-0.4, -0.2) is 20.9 Å². The quantitative estimate of drug-likeness (QED) is 0.379. The first-order chi connectivity index (χ1) is 8.79. The predicted molar refractivity (Wildman–Crippen MR) is 70.1 cm³/mol. The molecule has 0 aliphatic carbocycles. The van der Waals surface area contributed by atoms with Crippen LogP contribution in [0.3, 0.4) is 0 Å². The van der Waals surface area contributed by atoms with Gasteiger partial charge in [0.15, 0.2) is 0 Å². The van der Waals surface area contributed by atoms with Crippen LogP contribution in [0.1, 0.15) is 0 Å². The zero-order valence-corrected chi connectivity index (χ0v) is 11.1. The molecule has 3 nitrogen and oxygen atoms in total. The van der Waals surface area contributed by atoms with E-state index in [4.69, 9.17) is 10.00 Å². The summed E-state index contributed by atoms with van der Waals surface area (Å²) in [5.41, 5.74) is 0. The number of carbonyl (C=O) groups is 1. The topological polar surface area (TPSA) is 50.1 Å². The van der Waals surface area contributed by atoms with Crippen LogP contribution in [0, 0.1) is 10.2 Å². The molecule has 88 valence electrons. The monoisotopic (exact) mass is 303 g/mol. The summed E-state index contributed by atoms with van der Waals surface area (Å²) in [6.07, 6.45) is 1.29. The van der Waals surface area contributed by atoms with Crippen molar-refractivity contribution >= 4 is 31.7 Å². The van der Waals surface area contributed by atoms with Gasteiger partial charge >= 0.3 is 111 Å². The van der Waals surface area contributed by atoms with E-state index in [9.17, 15) is 4.79 Å². The van der Waals surface area contributed by atoms with Gasteiger partial charge in [-0.2, -0.15) is 0 Å². The maximum atomic E-state index is 11.4. The summed E-state index contributed by atoms with van der Waals surface area (Å²) in [6, 6.07) is 13.3. The van der Waals surface area contributed by atoms with E-state index in [1.54, 1.807) is 6.07 Å². The Labute approximate surface area is 111 Å². The third kappa shape index (κ3) is 3.21. The van der Waals surface area contributed by atoms with Crippen molar-refractivity contribution in [2.45, 2.75) is 0 Å². The second-order valence-electron chi connectivity index (χ2n) is 3.44. The summed E-state index contributed by atoms with van der Waals surface area (Å²) in [6.45, 7) is 0. The van der Waals surface area contributed by atoms with E-state index in [1.165, 1.54) is 11.1 Å². The van der Waals surface area contributed by atoms with Crippen molar-refractivity contribution in [3.05, 3.63) is 53.5 Å². The van der Waals surface area contributed by atoms with Gasteiger partial charge in [-0.3, -0.25) is 0 Å². The minimum absolute atomic E-state index is 0.303. The summed E-state index contributed by atoms with van der Waals surface area (Å²) in [7, 11) is 0. The zero-order chi connectivity index (χ0) is 12.8. The van der Waals surface area contributed by atoms with Crippen LogP contribution in [0.25, 0.3) is 10.8 Å². The fourth-order valence-corrected chi connectivity index (χ4v) is 2.00. The molecule has 2 aromatic carbocycles. The number of hydrogen-bond donors (Lipinski definition) is 0. The van der Waals surface area contributed by atoms with Gasteiger partial charge in [-0.25, -0.2) is 0 Å². The fraction of sp³-hybridized carbons (Fsp3) is 0. The maximum absolute atomic E-state index is 11.4. The number of rotatable bonds is 3. The van der Waals surface area contributed by atoms with E-state index < -0.39 is 5.97 Å². The molecule has 0 atom stereocenters. The Morgan fingerprint density at radius 3 is 2.78 bits per heavy atom. The number of hydrogen-bond acceptors (Lipinski definition) is 3. The number of carbonyl (C=O) groups excluding carboxylic acids is 1. The Kier molecular flexibility index (Phi) is 4.14. The normalized spacial score (nSPS) is 10.4. The summed E-state index contributed by atoms with van der Waals surface area (Å²) in [4.78, 5) is 14.9. The Balaban J connectivity index is 2.12. The SMILES string of the molecule is N#C[Se]/C=C\C(=O)Oc1ccc2ccccc2c1. The second kappa shape index (κ2) is 6.02. The summed E-state index contributed by atoms with van der Waals surface area (Å²) < 4.78 is 5.14. The Morgan fingerprint density at radius 1 is 1.22 bits per heavy atom. The van der Waals surface area contributed by atoms with Gasteiger partial charge in [0, 0.05) is 0 Å². The van der Waals surface area contributed by atoms with E-state index in [2.05, 4.69) is 0 Å². The minimum atomic E-state index is -0.456. The van der Waals surface area contributed by atoms with Gasteiger partial charge in [-0.15, -0.1) is 0 Å². The molecule has 0 bridgehead atoms. The first kappa shape index (κ1) is 12.4. The number of ether oxygens (including phenoxy) is 1. The molecule has 0 fully saturated rings. The van der Waals surface area contributed by atoms with Crippen molar-refractivity contribution in [2.75, 3.05) is 0 Å². The molecule has 0 unspecified atom stereocenters. The van der Waals surface area contributed by atoms with Crippen LogP contribution < -0.4 is 4.74 Å². The van der Waals surface area contributed by atoms with Crippen molar-refractivity contribution in [1.82, 2.24) is 0 Å². The van der Waals surface area contributed by atoms with Crippen LogP contribution in [-0.2, 0) is 4.79 Å². The third-order valence-electron chi connectivity index (χ3n) is 2.26. The predicted octanol–water partition coefficient (Wildman–Crippen LogP) is 2.44. The molecular formula is C14H9NO2Se. The van der Waals surface area contributed by atoms with Crippen LogP contribution in [0.4, 0.5) is 0 Å². The van der Waals surface area contributed by atoms with Crippen molar-refractivity contribution in [1.29, 1.82) is 5.26 Å². The molecule has 0 spiro atoms. The number of benzene rings is 2. The molecule has 0 N–H and O–H groups in total. The molecule has 0 aromatic heterocycles. The molecule has 0 aliphatic rings. The van der Waals surface area contributed by atoms with Crippen LogP contribution in [0.5, 0.6) is 5.75 Å². The molecule has 18 heavy (non-hydrogen) atoms. The van der Waals surface area contributed by atoms with E-state index in [0.717, 1.165) is 10.8 Å². The second-order valence-corrected chi connectivity index (χ2v) is 4.89. The first-order valence-corrected chi connectivity index (χ1v) is 7.06. The molecule has 0 heterocycles. The molecule has 2 aromatic rings. The van der Waals surface area contributed by atoms with Crippen molar-refractivity contribution in [3.63, 3.8) is 0 Å². The molecule has 0 saturated carbocycles. The number of nitrogens with zero attached hydrogens (tertiary/aromatic N) is 1. The summed E-state index contributed by atoms with van der Waals surface area (Å²) in [5.74, 6) is 0.0511. The molecule has 0 amide bonds. The molecular weight excluding hydrogens is 293 g/mol. The van der Waals surface area contributed by atoms with Gasteiger partial charge in [0.25, 0.3) is 0 Å². The van der Waals surface area contributed by atoms with Gasteiger partial charge in [0.05, 0.1) is 0 Å². The first-order valence-electron chi connectivity index (χ1n) is 5.21. The molecule has 4 heteroatoms. The van der Waals surface area contributed by atoms with E-state index in [-0.39, 0.29) is 15.0 Å². The standard InChI is InChI=1S/C14H9NO2Se/c15-10-18-8-7-14(16)17-13-6-5-11-3-1-2-4-12(11)9-13/h1-9H/b8-7-. The van der Waals surface area contributed by atoms with E-state index >= 15 is 0 Å². The number of nitriles is 1. The van der Waals surface area contributed by atoms with Gasteiger partial charge in [-0.05, 0) is 0 Å². The Hall–Kier alpha value is -2.08. The Morgan fingerprint density at radius 2 is 2.00 bits per heavy atom. The Bertz CT molecular complexity index is 644. The third-order valence-corrected chi connectivity index (χ3v) is 3.06. The van der Waals surface area contributed by atoms with Crippen LogP contribution in [0.2, 0.25) is 0 Å². The molecule has 0 radical (unpaired) electrons. The summed E-state index contributed by atoms with van der Waals surface area (Å²) >= 11 is -0.303. The number of fused-ring (bicyclic) bond motifs is 1. The van der Waals surface area contributed by atoms with Gasteiger partial charge in [-0.1, -0.05) is 0 Å². The van der Waals surface area contributed by atoms with E-state index in [1.807, 2.05) is 41.4 Å². The molecule has 0 aliphatic heterocycles. The molecule has 0 saturated heterocycles. The zero-order valence-electron chi connectivity index (χ0n) is 9.37. The van der Waals surface area contributed by atoms with Gasteiger partial charge in [0.2, 0.25) is 0 Å². The van der Waals surface area contributed by atoms with Crippen LogP contribution >= 0.6 is 0 Å². The molecule has 2 rings (SSSR count).